The molecule has 0 radical (unpaired) electrons. The number of thioether (sulfide) groups is 1. The molecule has 5 nitrogen and oxygen atoms in total. The van der Waals surface area contributed by atoms with Crippen LogP contribution in [0.3, 0.4) is 0 Å². The van der Waals surface area contributed by atoms with Crippen molar-refractivity contribution in [1.29, 1.82) is 0 Å². The number of aryl methyl sites for hydroxylation is 1. The number of carboxylic acid groups (broad SMARTS) is 1. The second-order valence-electron chi connectivity index (χ2n) is 5.17. The highest BCUT2D eigenvalue weighted by atomic mass is 32.2. The summed E-state index contributed by atoms with van der Waals surface area (Å²) < 4.78 is 5.69. The van der Waals surface area contributed by atoms with Crippen molar-refractivity contribution < 1.29 is 19.1 Å². The Labute approximate surface area is 138 Å². The van der Waals surface area contributed by atoms with Gasteiger partial charge in [-0.3, -0.25) is 9.69 Å². The fraction of sp³-hybridized carbons (Fsp3) is 0.400. The van der Waals surface area contributed by atoms with E-state index in [9.17, 15) is 14.7 Å². The molecular weight excluding hydrogens is 322 g/mol. The molecular formula is C15H17NO4S2. The van der Waals surface area contributed by atoms with Crippen LogP contribution >= 0.6 is 24.0 Å². The van der Waals surface area contributed by atoms with Gasteiger partial charge in [-0.1, -0.05) is 44.2 Å². The fourth-order valence-electron chi connectivity index (χ4n) is 2.21. The number of aliphatic carboxylic acids is 1. The molecule has 1 fully saturated rings. The lowest BCUT2D eigenvalue weighted by Crippen LogP contribution is -2.47. The first-order valence-corrected chi connectivity index (χ1v) is 8.14. The molecule has 7 heteroatoms. The number of hydrogen-bond acceptors (Lipinski definition) is 5. The summed E-state index contributed by atoms with van der Waals surface area (Å²) >= 11 is 6.32. The molecule has 0 bridgehead atoms. The van der Waals surface area contributed by atoms with E-state index in [2.05, 4.69) is 0 Å². The molecule has 1 aromatic heterocycles. The van der Waals surface area contributed by atoms with Crippen LogP contribution in [0.1, 0.15) is 31.8 Å². The quantitative estimate of drug-likeness (QED) is 0.656. The van der Waals surface area contributed by atoms with Crippen molar-refractivity contribution in [2.24, 2.45) is 5.92 Å². The minimum Gasteiger partial charge on any atom is -0.480 e. The van der Waals surface area contributed by atoms with Crippen LogP contribution < -0.4 is 0 Å². The van der Waals surface area contributed by atoms with Crippen LogP contribution in [-0.2, 0) is 9.59 Å². The van der Waals surface area contributed by atoms with Crippen molar-refractivity contribution in [3.63, 3.8) is 0 Å². The normalized spacial score (nSPS) is 19.8. The Hall–Kier alpha value is -1.60. The van der Waals surface area contributed by atoms with Gasteiger partial charge in [0.1, 0.15) is 21.9 Å². The van der Waals surface area contributed by atoms with Crippen molar-refractivity contribution in [3.8, 4) is 0 Å². The average molecular weight is 339 g/mol. The van der Waals surface area contributed by atoms with Gasteiger partial charge in [0.25, 0.3) is 5.91 Å². The first-order valence-electron chi connectivity index (χ1n) is 6.91. The van der Waals surface area contributed by atoms with E-state index >= 15 is 0 Å². The van der Waals surface area contributed by atoms with Gasteiger partial charge >= 0.3 is 5.97 Å². The van der Waals surface area contributed by atoms with Crippen molar-refractivity contribution in [1.82, 2.24) is 4.90 Å². The SMILES string of the molecule is CC[C@H](C)[C@H](C(=O)O)N1C(=O)/C(=C\c2ccc(C)o2)SC1=S. The first-order chi connectivity index (χ1) is 10.3. The van der Waals surface area contributed by atoms with Gasteiger partial charge in [-0.25, -0.2) is 4.79 Å². The third kappa shape index (κ3) is 3.25. The molecule has 1 aliphatic rings. The summed E-state index contributed by atoms with van der Waals surface area (Å²) in [5.41, 5.74) is 0. The van der Waals surface area contributed by atoms with Crippen LogP contribution in [0.4, 0.5) is 0 Å². The Morgan fingerprint density at radius 2 is 2.23 bits per heavy atom. The van der Waals surface area contributed by atoms with Crippen LogP contribution in [0.15, 0.2) is 21.5 Å². The van der Waals surface area contributed by atoms with E-state index in [4.69, 9.17) is 16.6 Å². The molecule has 1 saturated heterocycles. The van der Waals surface area contributed by atoms with E-state index in [1.165, 1.54) is 4.90 Å². The summed E-state index contributed by atoms with van der Waals surface area (Å²) in [6, 6.07) is 2.61. The number of carboxylic acids is 1. The minimum absolute atomic E-state index is 0.190. The summed E-state index contributed by atoms with van der Waals surface area (Å²) in [7, 11) is 0. The van der Waals surface area contributed by atoms with E-state index in [1.807, 2.05) is 13.8 Å². The molecule has 1 N–H and O–H groups in total. The van der Waals surface area contributed by atoms with Gasteiger partial charge in [0.05, 0.1) is 4.91 Å². The standard InChI is InChI=1S/C15H17NO4S2/c1-4-8(2)12(14(18)19)16-13(17)11(22-15(16)21)7-10-6-5-9(3)20-10/h5-8,12H,4H2,1-3H3,(H,18,19)/b11-7+/t8-,12+/m0/s1. The van der Waals surface area contributed by atoms with Crippen LogP contribution in [0.5, 0.6) is 0 Å². The number of amides is 1. The predicted molar refractivity (Wildman–Crippen MR) is 89.3 cm³/mol. The van der Waals surface area contributed by atoms with E-state index in [0.717, 1.165) is 17.5 Å². The molecule has 0 aliphatic carbocycles. The number of furan rings is 1. The second kappa shape index (κ2) is 6.66. The molecule has 118 valence electrons. The maximum atomic E-state index is 12.5. The van der Waals surface area contributed by atoms with Crippen molar-refractivity contribution in [2.45, 2.75) is 33.2 Å². The zero-order chi connectivity index (χ0) is 16.4. The molecule has 1 amide bonds. The largest absolute Gasteiger partial charge is 0.480 e. The monoisotopic (exact) mass is 339 g/mol. The third-order valence-electron chi connectivity index (χ3n) is 3.57. The van der Waals surface area contributed by atoms with Crippen molar-refractivity contribution in [3.05, 3.63) is 28.6 Å². The predicted octanol–water partition coefficient (Wildman–Crippen LogP) is 3.29. The Morgan fingerprint density at radius 3 is 2.73 bits per heavy atom. The number of carbonyl (C=O) groups is 2. The molecule has 0 aromatic carbocycles. The highest BCUT2D eigenvalue weighted by Gasteiger charge is 2.42. The lowest BCUT2D eigenvalue weighted by molar-refractivity contribution is -0.147. The van der Waals surface area contributed by atoms with Gasteiger partial charge < -0.3 is 9.52 Å². The highest BCUT2D eigenvalue weighted by Crippen LogP contribution is 2.36. The summed E-state index contributed by atoms with van der Waals surface area (Å²) in [5.74, 6) is -0.319. The minimum atomic E-state index is -1.04. The van der Waals surface area contributed by atoms with Crippen molar-refractivity contribution >= 4 is 46.3 Å². The van der Waals surface area contributed by atoms with Crippen LogP contribution in [0.25, 0.3) is 6.08 Å². The molecule has 1 aliphatic heterocycles. The van der Waals surface area contributed by atoms with Gasteiger partial charge in [0.15, 0.2) is 0 Å². The zero-order valence-electron chi connectivity index (χ0n) is 12.5. The van der Waals surface area contributed by atoms with E-state index < -0.39 is 12.0 Å². The lowest BCUT2D eigenvalue weighted by Gasteiger charge is -2.27. The smallest absolute Gasteiger partial charge is 0.327 e. The van der Waals surface area contributed by atoms with Crippen LogP contribution in [-0.4, -0.2) is 32.2 Å². The van der Waals surface area contributed by atoms with Gasteiger partial charge in [0, 0.05) is 6.08 Å². The number of carbonyl (C=O) groups excluding carboxylic acids is 1. The van der Waals surface area contributed by atoms with E-state index in [1.54, 1.807) is 25.1 Å². The Bertz CT molecular complexity index is 650. The van der Waals surface area contributed by atoms with Gasteiger partial charge in [0.2, 0.25) is 0 Å². The van der Waals surface area contributed by atoms with E-state index in [0.29, 0.717) is 17.1 Å². The van der Waals surface area contributed by atoms with Gasteiger partial charge in [-0.15, -0.1) is 0 Å². The molecule has 0 unspecified atom stereocenters. The zero-order valence-corrected chi connectivity index (χ0v) is 14.2. The van der Waals surface area contributed by atoms with Gasteiger partial charge in [-0.05, 0) is 25.0 Å². The van der Waals surface area contributed by atoms with Crippen LogP contribution in [0.2, 0.25) is 0 Å². The summed E-state index contributed by atoms with van der Waals surface area (Å²) in [5, 5.41) is 9.45. The fourth-order valence-corrected chi connectivity index (χ4v) is 3.52. The van der Waals surface area contributed by atoms with E-state index in [-0.39, 0.29) is 16.1 Å². The second-order valence-corrected chi connectivity index (χ2v) is 6.84. The van der Waals surface area contributed by atoms with Crippen molar-refractivity contribution in [2.75, 3.05) is 0 Å². The first kappa shape index (κ1) is 16.8. The Kier molecular flexibility index (Phi) is 5.08. The summed E-state index contributed by atoms with van der Waals surface area (Å²) in [6.45, 7) is 5.50. The number of hydrogen-bond donors (Lipinski definition) is 1. The Balaban J connectivity index is 2.32. The maximum Gasteiger partial charge on any atom is 0.327 e. The highest BCUT2D eigenvalue weighted by molar-refractivity contribution is 8.26. The number of rotatable bonds is 5. The molecule has 2 rings (SSSR count). The van der Waals surface area contributed by atoms with Crippen LogP contribution in [0, 0.1) is 12.8 Å². The molecule has 2 heterocycles. The average Bonchev–Trinajstić information content (AvgIpc) is 2.97. The molecule has 22 heavy (non-hydrogen) atoms. The number of nitrogens with zero attached hydrogens (tertiary/aromatic N) is 1. The summed E-state index contributed by atoms with van der Waals surface area (Å²) in [4.78, 5) is 25.7. The lowest BCUT2D eigenvalue weighted by atomic mass is 9.98. The molecule has 0 spiro atoms. The summed E-state index contributed by atoms with van der Waals surface area (Å²) in [6.07, 6.45) is 2.24. The molecule has 0 saturated carbocycles. The Morgan fingerprint density at radius 1 is 1.55 bits per heavy atom. The third-order valence-corrected chi connectivity index (χ3v) is 4.90. The molecule has 1 aromatic rings. The number of thiocarbonyl (C=S) groups is 1. The van der Waals surface area contributed by atoms with Gasteiger partial charge in [-0.2, -0.15) is 0 Å². The topological polar surface area (TPSA) is 70.8 Å². The maximum absolute atomic E-state index is 12.5. The molecule has 2 atom stereocenters.